The Morgan fingerprint density at radius 1 is 1.22 bits per heavy atom. The first-order chi connectivity index (χ1) is 8.36. The summed E-state index contributed by atoms with van der Waals surface area (Å²) < 4.78 is 0. The van der Waals surface area contributed by atoms with Gasteiger partial charge in [0, 0.05) is 0 Å². The lowest BCUT2D eigenvalue weighted by Crippen LogP contribution is -2.28. The molecule has 3 fully saturated rings. The first kappa shape index (κ1) is 12.4. The topological polar surface area (TPSA) is 17.1 Å². The van der Waals surface area contributed by atoms with Crippen molar-refractivity contribution in [3.8, 4) is 0 Å². The number of ketones is 1. The first-order valence-electron chi connectivity index (χ1n) is 7.59. The second-order valence-electron chi connectivity index (χ2n) is 7.79. The molecule has 4 atom stereocenters. The van der Waals surface area contributed by atoms with Gasteiger partial charge in [0.1, 0.15) is 0 Å². The van der Waals surface area contributed by atoms with Gasteiger partial charge in [-0.1, -0.05) is 32.8 Å². The predicted molar refractivity (Wildman–Crippen MR) is 74.2 cm³/mol. The quantitative estimate of drug-likeness (QED) is 0.628. The van der Waals surface area contributed by atoms with Crippen LogP contribution in [0.2, 0.25) is 0 Å². The van der Waals surface area contributed by atoms with Gasteiger partial charge in [0.2, 0.25) is 0 Å². The molecule has 4 unspecified atom stereocenters. The number of allylic oxidation sites excluding steroid dienone is 2. The lowest BCUT2D eigenvalue weighted by atomic mass is 9.68. The van der Waals surface area contributed by atoms with Gasteiger partial charge in [0.05, 0.1) is 0 Å². The van der Waals surface area contributed by atoms with Gasteiger partial charge < -0.3 is 0 Å². The van der Waals surface area contributed by atoms with Gasteiger partial charge in [-0.25, -0.2) is 0 Å². The average molecular weight is 246 g/mol. The third kappa shape index (κ3) is 1.49. The standard InChI is InChI=1S/C17H26O/c1-11(18)10-14-12-6-7-13-15(12)16(2,3)8-5-9-17(13,14)4/h10,12-13,15H,5-9H2,1-4H3. The molecule has 3 rings (SSSR count). The Bertz CT molecular complexity index is 417. The van der Waals surface area contributed by atoms with E-state index >= 15 is 0 Å². The number of hydrogen-bond acceptors (Lipinski definition) is 1. The molecule has 3 saturated carbocycles. The van der Waals surface area contributed by atoms with Gasteiger partial charge in [-0.15, -0.1) is 0 Å². The van der Waals surface area contributed by atoms with E-state index in [1.807, 2.05) is 6.08 Å². The number of rotatable bonds is 1. The molecule has 0 spiro atoms. The van der Waals surface area contributed by atoms with Crippen LogP contribution in [0.1, 0.15) is 59.8 Å². The summed E-state index contributed by atoms with van der Waals surface area (Å²) >= 11 is 0. The van der Waals surface area contributed by atoms with Crippen LogP contribution in [0.4, 0.5) is 0 Å². The van der Waals surface area contributed by atoms with Crippen LogP contribution in [0.3, 0.4) is 0 Å². The van der Waals surface area contributed by atoms with Gasteiger partial charge in [0.25, 0.3) is 0 Å². The Hall–Kier alpha value is -0.590. The normalized spacial score (nSPS) is 47.3. The van der Waals surface area contributed by atoms with E-state index in [0.29, 0.717) is 16.7 Å². The molecular formula is C17H26O. The fraction of sp³-hybridized carbons (Fsp3) is 0.824. The highest BCUT2D eigenvalue weighted by Gasteiger charge is 2.62. The molecule has 3 aliphatic carbocycles. The molecule has 0 radical (unpaired) electrons. The number of carbonyl (C=O) groups is 1. The molecule has 0 aliphatic heterocycles. The smallest absolute Gasteiger partial charge is 0.152 e. The van der Waals surface area contributed by atoms with E-state index in [-0.39, 0.29) is 5.78 Å². The van der Waals surface area contributed by atoms with Crippen LogP contribution in [0.25, 0.3) is 0 Å². The molecule has 3 aliphatic rings. The first-order valence-corrected chi connectivity index (χ1v) is 7.59. The zero-order valence-electron chi connectivity index (χ0n) is 12.3. The van der Waals surface area contributed by atoms with Crippen molar-refractivity contribution in [1.82, 2.24) is 0 Å². The molecule has 0 aromatic heterocycles. The molecule has 0 aromatic carbocycles. The molecule has 4 bridgehead atoms. The largest absolute Gasteiger partial charge is 0.295 e. The van der Waals surface area contributed by atoms with Crippen molar-refractivity contribution in [2.45, 2.75) is 59.8 Å². The van der Waals surface area contributed by atoms with Crippen molar-refractivity contribution in [2.24, 2.45) is 28.6 Å². The van der Waals surface area contributed by atoms with Crippen molar-refractivity contribution >= 4 is 5.78 Å². The van der Waals surface area contributed by atoms with Crippen molar-refractivity contribution in [2.75, 3.05) is 0 Å². The maximum absolute atomic E-state index is 11.6. The minimum Gasteiger partial charge on any atom is -0.295 e. The van der Waals surface area contributed by atoms with Crippen molar-refractivity contribution < 1.29 is 4.79 Å². The fourth-order valence-corrected chi connectivity index (χ4v) is 5.69. The summed E-state index contributed by atoms with van der Waals surface area (Å²) in [5.41, 5.74) is 2.33. The zero-order valence-corrected chi connectivity index (χ0v) is 12.3. The van der Waals surface area contributed by atoms with Crippen molar-refractivity contribution in [3.63, 3.8) is 0 Å². The Balaban J connectivity index is 2.10. The van der Waals surface area contributed by atoms with Gasteiger partial charge in [-0.3, -0.25) is 4.79 Å². The van der Waals surface area contributed by atoms with Gasteiger partial charge in [-0.2, -0.15) is 0 Å². The Morgan fingerprint density at radius 3 is 2.61 bits per heavy atom. The van der Waals surface area contributed by atoms with Crippen LogP contribution < -0.4 is 0 Å². The van der Waals surface area contributed by atoms with Gasteiger partial charge >= 0.3 is 0 Å². The highest BCUT2D eigenvalue weighted by Crippen LogP contribution is 2.70. The van der Waals surface area contributed by atoms with Crippen molar-refractivity contribution in [3.05, 3.63) is 11.6 Å². The third-order valence-electron chi connectivity index (χ3n) is 6.31. The molecule has 0 aromatic rings. The van der Waals surface area contributed by atoms with E-state index < -0.39 is 0 Å². The van der Waals surface area contributed by atoms with E-state index in [0.717, 1.165) is 11.8 Å². The minimum atomic E-state index is 0.251. The zero-order chi connectivity index (χ0) is 13.1. The van der Waals surface area contributed by atoms with E-state index in [9.17, 15) is 4.79 Å². The molecule has 0 saturated heterocycles. The summed E-state index contributed by atoms with van der Waals surface area (Å²) in [7, 11) is 0. The lowest BCUT2D eigenvalue weighted by molar-refractivity contribution is -0.112. The van der Waals surface area contributed by atoms with Crippen LogP contribution >= 0.6 is 0 Å². The van der Waals surface area contributed by atoms with Crippen molar-refractivity contribution in [1.29, 1.82) is 0 Å². The highest BCUT2D eigenvalue weighted by atomic mass is 16.1. The summed E-state index contributed by atoms with van der Waals surface area (Å²) in [4.78, 5) is 11.6. The molecular weight excluding hydrogens is 220 g/mol. The number of carbonyl (C=O) groups excluding carboxylic acids is 1. The molecule has 1 nitrogen and oxygen atoms in total. The molecule has 100 valence electrons. The van der Waals surface area contributed by atoms with Crippen LogP contribution in [-0.2, 0) is 4.79 Å². The summed E-state index contributed by atoms with van der Waals surface area (Å²) in [5.74, 6) is 2.63. The second kappa shape index (κ2) is 3.71. The Labute approximate surface area is 111 Å². The molecule has 0 amide bonds. The fourth-order valence-electron chi connectivity index (χ4n) is 5.69. The summed E-state index contributed by atoms with van der Waals surface area (Å²) in [6.45, 7) is 9.09. The maximum atomic E-state index is 11.6. The van der Waals surface area contributed by atoms with Crippen LogP contribution in [-0.4, -0.2) is 5.78 Å². The average Bonchev–Trinajstić information content (AvgIpc) is 2.73. The highest BCUT2D eigenvalue weighted by molar-refractivity contribution is 5.88. The van der Waals surface area contributed by atoms with E-state index in [2.05, 4.69) is 20.8 Å². The third-order valence-corrected chi connectivity index (χ3v) is 6.31. The molecule has 0 heterocycles. The van der Waals surface area contributed by atoms with Crippen LogP contribution in [0, 0.1) is 28.6 Å². The van der Waals surface area contributed by atoms with E-state index in [1.165, 1.54) is 37.7 Å². The van der Waals surface area contributed by atoms with Gasteiger partial charge in [0.15, 0.2) is 5.78 Å². The Kier molecular flexibility index (Phi) is 2.56. The van der Waals surface area contributed by atoms with E-state index in [1.54, 1.807) is 6.92 Å². The number of hydrogen-bond donors (Lipinski definition) is 0. The van der Waals surface area contributed by atoms with Crippen LogP contribution in [0.15, 0.2) is 11.6 Å². The summed E-state index contributed by atoms with van der Waals surface area (Å²) in [6.07, 6.45) is 8.72. The van der Waals surface area contributed by atoms with E-state index in [4.69, 9.17) is 0 Å². The summed E-state index contributed by atoms with van der Waals surface area (Å²) in [6, 6.07) is 0. The van der Waals surface area contributed by atoms with Gasteiger partial charge in [-0.05, 0) is 67.3 Å². The molecule has 0 N–H and O–H groups in total. The van der Waals surface area contributed by atoms with Crippen LogP contribution in [0.5, 0.6) is 0 Å². The minimum absolute atomic E-state index is 0.251. The summed E-state index contributed by atoms with van der Waals surface area (Å²) in [5, 5.41) is 0. The predicted octanol–water partition coefficient (Wildman–Crippen LogP) is 4.37. The monoisotopic (exact) mass is 246 g/mol. The molecule has 18 heavy (non-hydrogen) atoms. The lowest BCUT2D eigenvalue weighted by Gasteiger charge is -2.36. The molecule has 1 heteroatoms. The Morgan fingerprint density at radius 2 is 1.94 bits per heavy atom. The second-order valence-corrected chi connectivity index (χ2v) is 7.79. The maximum Gasteiger partial charge on any atom is 0.152 e. The SMILES string of the molecule is CC(=O)C=C1C2CCC3C2C(C)(C)CCCC13C.